The first-order chi connectivity index (χ1) is 12.0. The quantitative estimate of drug-likeness (QED) is 0.550. The van der Waals surface area contributed by atoms with Gasteiger partial charge in [-0.15, -0.1) is 0 Å². The van der Waals surface area contributed by atoms with Crippen LogP contribution < -0.4 is 9.64 Å². The van der Waals surface area contributed by atoms with E-state index in [4.69, 9.17) is 16.3 Å². The molecule has 0 aliphatic rings. The van der Waals surface area contributed by atoms with E-state index in [0.717, 1.165) is 5.56 Å². The Balaban J connectivity index is 2.34. The van der Waals surface area contributed by atoms with Crippen LogP contribution in [-0.2, 0) is 6.54 Å². The Morgan fingerprint density at radius 2 is 1.84 bits per heavy atom. The number of rotatable bonds is 8. The van der Waals surface area contributed by atoms with Gasteiger partial charge in [0, 0.05) is 24.4 Å². The Hall–Kier alpha value is -2.35. The summed E-state index contributed by atoms with van der Waals surface area (Å²) in [7, 11) is 1.52. The van der Waals surface area contributed by atoms with Crippen LogP contribution in [0, 0.1) is 10.1 Å². The molecule has 0 aliphatic carbocycles. The molecule has 8 heteroatoms. The molecule has 0 saturated carbocycles. The van der Waals surface area contributed by atoms with Gasteiger partial charge in [-0.1, -0.05) is 17.7 Å². The molecule has 0 heterocycles. The number of anilines is 1. The molecule has 25 heavy (non-hydrogen) atoms. The van der Waals surface area contributed by atoms with Crippen molar-refractivity contribution in [3.63, 3.8) is 0 Å². The number of aliphatic hydroxyl groups excluding tert-OH is 2. The van der Waals surface area contributed by atoms with Gasteiger partial charge in [-0.25, -0.2) is 0 Å². The molecule has 134 valence electrons. The lowest BCUT2D eigenvalue weighted by Gasteiger charge is -2.31. The van der Waals surface area contributed by atoms with Gasteiger partial charge in [0.25, 0.3) is 5.69 Å². The maximum Gasteiger partial charge on any atom is 0.269 e. The minimum absolute atomic E-state index is 0.0265. The van der Waals surface area contributed by atoms with Crippen molar-refractivity contribution < 1.29 is 19.9 Å². The van der Waals surface area contributed by atoms with E-state index < -0.39 is 11.0 Å². The predicted molar refractivity (Wildman–Crippen MR) is 95.2 cm³/mol. The number of nitro benzene ring substituents is 1. The highest BCUT2D eigenvalue weighted by atomic mass is 35.5. The van der Waals surface area contributed by atoms with Gasteiger partial charge < -0.3 is 19.8 Å². The molecule has 2 N–H and O–H groups in total. The molecule has 2 aromatic carbocycles. The molecule has 0 saturated heterocycles. The third kappa shape index (κ3) is 4.60. The molecule has 7 nitrogen and oxygen atoms in total. The van der Waals surface area contributed by atoms with Crippen LogP contribution in [0.5, 0.6) is 5.75 Å². The van der Waals surface area contributed by atoms with Gasteiger partial charge in [-0.2, -0.15) is 0 Å². The summed E-state index contributed by atoms with van der Waals surface area (Å²) in [4.78, 5) is 12.1. The van der Waals surface area contributed by atoms with Gasteiger partial charge in [-0.3, -0.25) is 10.1 Å². The molecule has 2 rings (SSSR count). The Morgan fingerprint density at radius 3 is 2.36 bits per heavy atom. The number of ether oxygens (including phenoxy) is 1. The van der Waals surface area contributed by atoms with Crippen molar-refractivity contribution in [2.24, 2.45) is 0 Å². The Morgan fingerprint density at radius 1 is 1.20 bits per heavy atom. The summed E-state index contributed by atoms with van der Waals surface area (Å²) >= 11 is 6.03. The van der Waals surface area contributed by atoms with E-state index in [0.29, 0.717) is 23.0 Å². The Kier molecular flexibility index (Phi) is 6.58. The molecular weight excluding hydrogens is 348 g/mol. The molecule has 0 aromatic heterocycles. The van der Waals surface area contributed by atoms with Crippen molar-refractivity contribution >= 4 is 23.0 Å². The highest BCUT2D eigenvalue weighted by molar-refractivity contribution is 6.32. The zero-order chi connectivity index (χ0) is 18.4. The lowest BCUT2D eigenvalue weighted by atomic mass is 10.1. The van der Waals surface area contributed by atoms with Crippen molar-refractivity contribution in [1.82, 2.24) is 0 Å². The molecule has 0 unspecified atom stereocenters. The van der Waals surface area contributed by atoms with Crippen LogP contribution in [0.15, 0.2) is 42.5 Å². The molecule has 2 aromatic rings. The molecule has 0 spiro atoms. The van der Waals surface area contributed by atoms with Gasteiger partial charge in [0.1, 0.15) is 5.75 Å². The Labute approximate surface area is 150 Å². The summed E-state index contributed by atoms with van der Waals surface area (Å²) in [5.74, 6) is 0.521. The SMILES string of the molecule is COc1cc(CN(c2ccc([N+](=O)[O-])cc2)C(CO)CO)ccc1Cl. The maximum atomic E-state index is 10.8. The van der Waals surface area contributed by atoms with Gasteiger partial charge in [-0.05, 0) is 29.8 Å². The van der Waals surface area contributed by atoms with E-state index in [1.807, 2.05) is 6.07 Å². The van der Waals surface area contributed by atoms with E-state index in [-0.39, 0.29) is 18.9 Å². The number of non-ortho nitro benzene ring substituents is 1. The topological polar surface area (TPSA) is 96.1 Å². The summed E-state index contributed by atoms with van der Waals surface area (Å²) in [5, 5.41) is 30.4. The van der Waals surface area contributed by atoms with E-state index in [2.05, 4.69) is 0 Å². The number of halogens is 1. The van der Waals surface area contributed by atoms with Crippen molar-refractivity contribution in [1.29, 1.82) is 0 Å². The average molecular weight is 367 g/mol. The van der Waals surface area contributed by atoms with E-state index in [1.54, 1.807) is 29.2 Å². The first kappa shape index (κ1) is 19.0. The largest absolute Gasteiger partial charge is 0.495 e. The molecule has 0 fully saturated rings. The summed E-state index contributed by atoms with van der Waals surface area (Å²) in [6, 6.07) is 10.7. The zero-order valence-corrected chi connectivity index (χ0v) is 14.4. The van der Waals surface area contributed by atoms with Crippen molar-refractivity contribution in [3.8, 4) is 5.75 Å². The highest BCUT2D eigenvalue weighted by Gasteiger charge is 2.19. The van der Waals surface area contributed by atoms with Crippen molar-refractivity contribution in [2.75, 3.05) is 25.2 Å². The molecule has 0 radical (unpaired) electrons. The number of benzene rings is 2. The number of hydrogen-bond acceptors (Lipinski definition) is 6. The van der Waals surface area contributed by atoms with Gasteiger partial charge in [0.2, 0.25) is 0 Å². The molecular formula is C17H19ClN2O5. The number of nitrogens with zero attached hydrogens (tertiary/aromatic N) is 2. The van der Waals surface area contributed by atoms with Gasteiger partial charge in [0.05, 0.1) is 36.3 Å². The highest BCUT2D eigenvalue weighted by Crippen LogP contribution is 2.28. The minimum atomic E-state index is -0.553. The summed E-state index contributed by atoms with van der Waals surface area (Å²) < 4.78 is 5.20. The van der Waals surface area contributed by atoms with Crippen LogP contribution in [0.3, 0.4) is 0 Å². The van der Waals surface area contributed by atoms with Crippen molar-refractivity contribution in [3.05, 3.63) is 63.2 Å². The predicted octanol–water partition coefficient (Wildman–Crippen LogP) is 2.62. The monoisotopic (exact) mass is 366 g/mol. The fourth-order valence-electron chi connectivity index (χ4n) is 2.45. The van der Waals surface area contributed by atoms with E-state index in [1.165, 1.54) is 19.2 Å². The number of aliphatic hydroxyl groups is 2. The van der Waals surface area contributed by atoms with Gasteiger partial charge >= 0.3 is 0 Å². The summed E-state index contributed by atoms with van der Waals surface area (Å²) in [6.07, 6.45) is 0. The molecule has 0 amide bonds. The fourth-order valence-corrected chi connectivity index (χ4v) is 2.65. The number of nitro groups is 1. The van der Waals surface area contributed by atoms with Gasteiger partial charge in [0.15, 0.2) is 0 Å². The summed E-state index contributed by atoms with van der Waals surface area (Å²) in [5.41, 5.74) is 1.47. The molecule has 0 atom stereocenters. The van der Waals surface area contributed by atoms with E-state index in [9.17, 15) is 20.3 Å². The van der Waals surface area contributed by atoms with Crippen LogP contribution in [0.25, 0.3) is 0 Å². The van der Waals surface area contributed by atoms with Crippen LogP contribution in [0.1, 0.15) is 5.56 Å². The minimum Gasteiger partial charge on any atom is -0.495 e. The first-order valence-electron chi connectivity index (χ1n) is 7.55. The standard InChI is InChI=1S/C17H19ClN2O5/c1-25-17-8-12(2-7-16(17)18)9-19(15(10-21)11-22)13-3-5-14(6-4-13)20(23)24/h2-8,15,21-22H,9-11H2,1H3. The third-order valence-corrected chi connectivity index (χ3v) is 4.14. The van der Waals surface area contributed by atoms with Crippen molar-refractivity contribution in [2.45, 2.75) is 12.6 Å². The maximum absolute atomic E-state index is 10.8. The normalized spacial score (nSPS) is 10.8. The average Bonchev–Trinajstić information content (AvgIpc) is 2.63. The first-order valence-corrected chi connectivity index (χ1v) is 7.93. The molecule has 0 bridgehead atoms. The lowest BCUT2D eigenvalue weighted by Crippen LogP contribution is -2.40. The fraction of sp³-hybridized carbons (Fsp3) is 0.294. The third-order valence-electron chi connectivity index (χ3n) is 3.82. The van der Waals surface area contributed by atoms with Crippen LogP contribution in [0.2, 0.25) is 5.02 Å². The zero-order valence-electron chi connectivity index (χ0n) is 13.6. The van der Waals surface area contributed by atoms with Crippen LogP contribution in [-0.4, -0.2) is 41.5 Å². The van der Waals surface area contributed by atoms with Crippen LogP contribution in [0.4, 0.5) is 11.4 Å². The van der Waals surface area contributed by atoms with E-state index >= 15 is 0 Å². The number of methoxy groups -OCH3 is 1. The lowest BCUT2D eigenvalue weighted by molar-refractivity contribution is -0.384. The number of hydrogen-bond donors (Lipinski definition) is 2. The summed E-state index contributed by atoms with van der Waals surface area (Å²) in [6.45, 7) is -0.173. The second-order valence-electron chi connectivity index (χ2n) is 5.39. The second-order valence-corrected chi connectivity index (χ2v) is 5.80. The Bertz CT molecular complexity index is 719. The van der Waals surface area contributed by atoms with Crippen LogP contribution >= 0.6 is 11.6 Å². The molecule has 0 aliphatic heterocycles. The smallest absolute Gasteiger partial charge is 0.269 e. The second kappa shape index (κ2) is 8.66.